The summed E-state index contributed by atoms with van der Waals surface area (Å²) in [6.07, 6.45) is 0. The summed E-state index contributed by atoms with van der Waals surface area (Å²) < 4.78 is 35.2. The molecule has 0 bridgehead atoms. The number of hydrogen-bond acceptors (Lipinski definition) is 6. The number of rotatable bonds is 7. The zero-order valence-corrected chi connectivity index (χ0v) is 15.4. The number of carbonyl (C=O) groups is 2. The average molecular weight is 377 g/mol. The predicted octanol–water partition coefficient (Wildman–Crippen LogP) is 1.99. The molecule has 0 amide bonds. The zero-order chi connectivity index (χ0) is 19.3. The summed E-state index contributed by atoms with van der Waals surface area (Å²) in [6.45, 7) is -0.447. The lowest BCUT2D eigenvalue weighted by atomic mass is 10.1. The minimum atomic E-state index is -3.58. The van der Waals surface area contributed by atoms with Crippen molar-refractivity contribution in [3.63, 3.8) is 0 Å². The van der Waals surface area contributed by atoms with Crippen LogP contribution in [0.1, 0.15) is 20.7 Å². The van der Waals surface area contributed by atoms with Gasteiger partial charge in [-0.05, 0) is 36.4 Å². The number of sulfonamides is 1. The lowest BCUT2D eigenvalue weighted by Gasteiger charge is -2.11. The van der Waals surface area contributed by atoms with Crippen LogP contribution in [0.15, 0.2) is 53.4 Å². The van der Waals surface area contributed by atoms with Crippen molar-refractivity contribution in [2.75, 3.05) is 27.8 Å². The van der Waals surface area contributed by atoms with Crippen LogP contribution in [0.2, 0.25) is 0 Å². The second-order valence-electron chi connectivity index (χ2n) is 5.51. The van der Waals surface area contributed by atoms with Crippen LogP contribution in [0.25, 0.3) is 0 Å². The molecule has 8 heteroatoms. The fourth-order valence-corrected chi connectivity index (χ4v) is 3.04. The molecule has 26 heavy (non-hydrogen) atoms. The van der Waals surface area contributed by atoms with Gasteiger partial charge >= 0.3 is 5.97 Å². The van der Waals surface area contributed by atoms with Gasteiger partial charge in [0, 0.05) is 14.1 Å². The van der Waals surface area contributed by atoms with E-state index in [1.165, 1.54) is 45.5 Å². The second-order valence-corrected chi connectivity index (χ2v) is 7.66. The summed E-state index contributed by atoms with van der Waals surface area (Å²) >= 11 is 0. The summed E-state index contributed by atoms with van der Waals surface area (Å²) in [7, 11) is 0.706. The molecule has 138 valence electrons. The first kappa shape index (κ1) is 19.6. The lowest BCUT2D eigenvalue weighted by molar-refractivity contribution is 0.0474. The van der Waals surface area contributed by atoms with Crippen molar-refractivity contribution in [1.29, 1.82) is 0 Å². The maximum absolute atomic E-state index is 12.2. The molecule has 2 rings (SSSR count). The molecule has 0 aromatic heterocycles. The molecule has 2 aromatic rings. The van der Waals surface area contributed by atoms with Crippen LogP contribution in [0.3, 0.4) is 0 Å². The van der Waals surface area contributed by atoms with Gasteiger partial charge in [0.1, 0.15) is 5.75 Å². The quantitative estimate of drug-likeness (QED) is 0.541. The van der Waals surface area contributed by atoms with Gasteiger partial charge in [0.25, 0.3) is 0 Å². The van der Waals surface area contributed by atoms with E-state index in [2.05, 4.69) is 0 Å². The highest BCUT2D eigenvalue weighted by Crippen LogP contribution is 2.18. The largest absolute Gasteiger partial charge is 0.496 e. The molecule has 0 fully saturated rings. The number of para-hydroxylation sites is 1. The van der Waals surface area contributed by atoms with Gasteiger partial charge in [0.2, 0.25) is 15.8 Å². The second kappa shape index (κ2) is 8.11. The summed E-state index contributed by atoms with van der Waals surface area (Å²) in [6, 6.07) is 11.9. The van der Waals surface area contributed by atoms with Crippen LogP contribution in [-0.2, 0) is 14.8 Å². The summed E-state index contributed by atoms with van der Waals surface area (Å²) in [5, 5.41) is 0. The van der Waals surface area contributed by atoms with Gasteiger partial charge in [0.05, 0.1) is 23.1 Å². The van der Waals surface area contributed by atoms with E-state index in [-0.39, 0.29) is 10.5 Å². The molecule has 0 radical (unpaired) electrons. The maximum atomic E-state index is 12.2. The molecule has 0 unspecified atom stereocenters. The normalized spacial score (nSPS) is 11.2. The Morgan fingerprint density at radius 2 is 1.62 bits per heavy atom. The highest BCUT2D eigenvalue weighted by molar-refractivity contribution is 7.89. The molecule has 0 aliphatic heterocycles. The minimum absolute atomic E-state index is 0.0594. The van der Waals surface area contributed by atoms with Gasteiger partial charge in [-0.15, -0.1) is 0 Å². The third kappa shape index (κ3) is 4.27. The fraction of sp³-hybridized carbons (Fsp3) is 0.222. The SMILES string of the molecule is COc1ccccc1C(=O)COC(=O)c1ccc(S(=O)(=O)N(C)C)cc1. The van der Waals surface area contributed by atoms with E-state index in [9.17, 15) is 18.0 Å². The molecular formula is C18H19NO6S. The third-order valence-electron chi connectivity index (χ3n) is 3.61. The van der Waals surface area contributed by atoms with E-state index in [1.54, 1.807) is 24.3 Å². The van der Waals surface area contributed by atoms with Crippen molar-refractivity contribution < 1.29 is 27.5 Å². The van der Waals surface area contributed by atoms with Crippen molar-refractivity contribution in [2.45, 2.75) is 4.90 Å². The van der Waals surface area contributed by atoms with Crippen molar-refractivity contribution in [3.8, 4) is 5.75 Å². The fourth-order valence-electron chi connectivity index (χ4n) is 2.14. The first-order chi connectivity index (χ1) is 12.3. The standard InChI is InChI=1S/C18H19NO6S/c1-19(2)26(22,23)14-10-8-13(9-11-14)18(21)25-12-16(20)15-6-4-5-7-17(15)24-3/h4-11H,12H2,1-3H3. The van der Waals surface area contributed by atoms with Crippen LogP contribution in [0.5, 0.6) is 5.75 Å². The van der Waals surface area contributed by atoms with Crippen molar-refractivity contribution in [3.05, 3.63) is 59.7 Å². The molecule has 0 aliphatic rings. The Balaban J connectivity index is 2.05. The highest BCUT2D eigenvalue weighted by Gasteiger charge is 2.19. The topological polar surface area (TPSA) is 90.0 Å². The van der Waals surface area contributed by atoms with E-state index in [0.29, 0.717) is 11.3 Å². The van der Waals surface area contributed by atoms with Crippen LogP contribution in [0, 0.1) is 0 Å². The van der Waals surface area contributed by atoms with E-state index >= 15 is 0 Å². The molecule has 0 spiro atoms. The molecule has 0 N–H and O–H groups in total. The Labute approximate surface area is 152 Å². The van der Waals surface area contributed by atoms with Gasteiger partial charge in [-0.25, -0.2) is 17.5 Å². The van der Waals surface area contributed by atoms with Crippen molar-refractivity contribution in [2.24, 2.45) is 0 Å². The summed E-state index contributed by atoms with van der Waals surface area (Å²) in [5.41, 5.74) is 0.464. The van der Waals surface area contributed by atoms with Gasteiger partial charge < -0.3 is 9.47 Å². The summed E-state index contributed by atoms with van der Waals surface area (Å²) in [4.78, 5) is 24.3. The molecular weight excluding hydrogens is 358 g/mol. The first-order valence-electron chi connectivity index (χ1n) is 7.63. The van der Waals surface area contributed by atoms with Gasteiger partial charge in [0.15, 0.2) is 6.61 Å². The number of benzene rings is 2. The van der Waals surface area contributed by atoms with Crippen LogP contribution in [0.4, 0.5) is 0 Å². The van der Waals surface area contributed by atoms with Crippen LogP contribution in [-0.4, -0.2) is 52.3 Å². The van der Waals surface area contributed by atoms with Crippen LogP contribution < -0.4 is 4.74 Å². The van der Waals surface area contributed by atoms with Crippen LogP contribution >= 0.6 is 0 Å². The number of ether oxygens (including phenoxy) is 2. The monoisotopic (exact) mass is 377 g/mol. The van der Waals surface area contributed by atoms with Crippen molar-refractivity contribution in [1.82, 2.24) is 4.31 Å². The minimum Gasteiger partial charge on any atom is -0.496 e. The zero-order valence-electron chi connectivity index (χ0n) is 14.6. The molecule has 0 heterocycles. The molecule has 0 atom stereocenters. The van der Waals surface area contributed by atoms with E-state index in [1.807, 2.05) is 0 Å². The number of carbonyl (C=O) groups excluding carboxylic acids is 2. The maximum Gasteiger partial charge on any atom is 0.338 e. The highest BCUT2D eigenvalue weighted by atomic mass is 32.2. The molecule has 0 saturated heterocycles. The van der Waals surface area contributed by atoms with E-state index in [0.717, 1.165) is 4.31 Å². The number of esters is 1. The van der Waals surface area contributed by atoms with Crippen molar-refractivity contribution >= 4 is 21.8 Å². The van der Waals surface area contributed by atoms with Gasteiger partial charge in [-0.3, -0.25) is 4.79 Å². The molecule has 0 saturated carbocycles. The lowest BCUT2D eigenvalue weighted by Crippen LogP contribution is -2.22. The Kier molecular flexibility index (Phi) is 6.12. The van der Waals surface area contributed by atoms with E-state index < -0.39 is 28.4 Å². The number of nitrogens with zero attached hydrogens (tertiary/aromatic N) is 1. The number of hydrogen-bond donors (Lipinski definition) is 0. The number of methoxy groups -OCH3 is 1. The van der Waals surface area contributed by atoms with E-state index in [4.69, 9.17) is 9.47 Å². The first-order valence-corrected chi connectivity index (χ1v) is 9.07. The summed E-state index contributed by atoms with van der Waals surface area (Å²) in [5.74, 6) is -0.726. The molecule has 2 aromatic carbocycles. The average Bonchev–Trinajstić information content (AvgIpc) is 2.65. The Hall–Kier alpha value is -2.71. The molecule has 7 nitrogen and oxygen atoms in total. The Morgan fingerprint density at radius 3 is 2.19 bits per heavy atom. The number of Topliss-reactive ketones (excluding diaryl/α,β-unsaturated/α-hetero) is 1. The smallest absolute Gasteiger partial charge is 0.338 e. The number of ketones is 1. The van der Waals surface area contributed by atoms with Gasteiger partial charge in [-0.2, -0.15) is 0 Å². The van der Waals surface area contributed by atoms with Gasteiger partial charge in [-0.1, -0.05) is 12.1 Å². The molecule has 0 aliphatic carbocycles. The Morgan fingerprint density at radius 1 is 1.00 bits per heavy atom. The third-order valence-corrected chi connectivity index (χ3v) is 5.44. The Bertz CT molecular complexity index is 904. The predicted molar refractivity (Wildman–Crippen MR) is 94.9 cm³/mol.